The summed E-state index contributed by atoms with van der Waals surface area (Å²) in [4.78, 5) is 4.95. The number of hydrogen-bond acceptors (Lipinski definition) is 9. The summed E-state index contributed by atoms with van der Waals surface area (Å²) in [5.74, 6) is 1.09. The molecule has 3 heterocycles. The van der Waals surface area contributed by atoms with Crippen LogP contribution in [-0.4, -0.2) is 88.0 Å². The Kier molecular flexibility index (Phi) is 8.41. The molecule has 190 valence electrons. The minimum absolute atomic E-state index is 0.140. The van der Waals surface area contributed by atoms with Crippen LogP contribution in [0, 0.1) is 25.2 Å². The van der Waals surface area contributed by atoms with E-state index in [2.05, 4.69) is 25.7 Å². The number of hydrogen-bond donors (Lipinski definition) is 1. The van der Waals surface area contributed by atoms with Crippen molar-refractivity contribution in [1.29, 1.82) is 5.26 Å². The van der Waals surface area contributed by atoms with Crippen molar-refractivity contribution in [2.75, 3.05) is 52.4 Å². The second kappa shape index (κ2) is 11.5. The number of aryl methyl sites for hydroxylation is 2. The average molecular weight is 504 g/mol. The van der Waals surface area contributed by atoms with Crippen LogP contribution in [0.5, 0.6) is 5.75 Å². The number of nitrogens with one attached hydrogen (secondary N) is 1. The Labute approximate surface area is 206 Å². The Balaban J connectivity index is 1.13. The van der Waals surface area contributed by atoms with Crippen molar-refractivity contribution in [3.05, 3.63) is 41.3 Å². The molecule has 2 unspecified atom stereocenters. The Morgan fingerprint density at radius 2 is 1.71 bits per heavy atom. The molecule has 10 nitrogen and oxygen atoms in total. The maximum atomic E-state index is 12.5. The van der Waals surface area contributed by atoms with Gasteiger partial charge in [-0.2, -0.15) is 5.26 Å². The summed E-state index contributed by atoms with van der Waals surface area (Å²) < 4.78 is 44.6. The van der Waals surface area contributed by atoms with Crippen molar-refractivity contribution in [3.8, 4) is 11.8 Å². The van der Waals surface area contributed by atoms with Crippen molar-refractivity contribution in [2.45, 2.75) is 43.8 Å². The highest BCUT2D eigenvalue weighted by Gasteiger charge is 2.34. The standard InChI is InChI=1S/C24H33N5O5S/c1-18-24(19(2)34-27-18)35(30,31)26-9-3-10-28-14-22-16-29(17-23(15-28)33-22)11-4-12-32-21-7-5-20(13-25)6-8-21/h5-8,22-23,26H,3-4,9-12,14-17H2,1-2H3. The van der Waals surface area contributed by atoms with Crippen LogP contribution in [0.25, 0.3) is 0 Å². The van der Waals surface area contributed by atoms with E-state index < -0.39 is 10.0 Å². The van der Waals surface area contributed by atoms with Crippen LogP contribution in [0.4, 0.5) is 0 Å². The molecule has 2 fully saturated rings. The molecular formula is C24H33N5O5S. The number of fused-ring (bicyclic) bond motifs is 2. The van der Waals surface area contributed by atoms with E-state index in [9.17, 15) is 8.42 Å². The summed E-state index contributed by atoms with van der Waals surface area (Å²) in [5.41, 5.74) is 1.01. The van der Waals surface area contributed by atoms with Gasteiger partial charge in [0.05, 0.1) is 30.4 Å². The zero-order valence-corrected chi connectivity index (χ0v) is 21.1. The van der Waals surface area contributed by atoms with Crippen LogP contribution in [0.15, 0.2) is 33.7 Å². The number of nitriles is 1. The van der Waals surface area contributed by atoms with Gasteiger partial charge in [-0.3, -0.25) is 9.80 Å². The number of benzene rings is 1. The summed E-state index contributed by atoms with van der Waals surface area (Å²) in [6.45, 7) is 9.49. The van der Waals surface area contributed by atoms with Crippen molar-refractivity contribution in [3.63, 3.8) is 0 Å². The van der Waals surface area contributed by atoms with Gasteiger partial charge in [0.25, 0.3) is 0 Å². The van der Waals surface area contributed by atoms with Crippen LogP contribution < -0.4 is 9.46 Å². The number of sulfonamides is 1. The molecule has 35 heavy (non-hydrogen) atoms. The van der Waals surface area contributed by atoms with E-state index in [1.54, 1.807) is 26.0 Å². The first-order valence-electron chi connectivity index (χ1n) is 12.0. The zero-order chi connectivity index (χ0) is 24.8. The topological polar surface area (TPSA) is 121 Å². The molecule has 2 aliphatic rings. The average Bonchev–Trinajstić information content (AvgIpc) is 3.18. The SMILES string of the molecule is Cc1noc(C)c1S(=O)(=O)NCCCN1CC2CN(CCCOc3ccc(C#N)cc3)CC(C1)O2. The first kappa shape index (κ1) is 25.6. The van der Waals surface area contributed by atoms with Gasteiger partial charge in [-0.25, -0.2) is 13.1 Å². The number of nitrogens with zero attached hydrogens (tertiary/aromatic N) is 4. The van der Waals surface area contributed by atoms with Gasteiger partial charge in [0.15, 0.2) is 5.76 Å². The largest absolute Gasteiger partial charge is 0.494 e. The Bertz CT molecular complexity index is 1090. The molecule has 1 N–H and O–H groups in total. The van der Waals surface area contributed by atoms with Gasteiger partial charge in [-0.05, 0) is 57.5 Å². The molecule has 2 saturated heterocycles. The second-order valence-electron chi connectivity index (χ2n) is 9.14. The first-order chi connectivity index (χ1) is 16.8. The minimum Gasteiger partial charge on any atom is -0.494 e. The van der Waals surface area contributed by atoms with Gasteiger partial charge in [0.1, 0.15) is 16.3 Å². The van der Waals surface area contributed by atoms with Crippen molar-refractivity contribution in [2.24, 2.45) is 0 Å². The normalized spacial score (nSPS) is 21.1. The van der Waals surface area contributed by atoms with Crippen LogP contribution in [-0.2, 0) is 14.8 Å². The third kappa shape index (κ3) is 6.80. The van der Waals surface area contributed by atoms with E-state index in [1.807, 2.05) is 12.1 Å². The Morgan fingerprint density at radius 3 is 2.29 bits per heavy atom. The monoisotopic (exact) mass is 503 g/mol. The third-order valence-corrected chi connectivity index (χ3v) is 7.99. The summed E-state index contributed by atoms with van der Waals surface area (Å²) in [5, 5.41) is 12.6. The zero-order valence-electron chi connectivity index (χ0n) is 20.3. The number of aromatic nitrogens is 1. The summed E-state index contributed by atoms with van der Waals surface area (Å²) >= 11 is 0. The summed E-state index contributed by atoms with van der Waals surface area (Å²) in [7, 11) is -3.61. The number of morpholine rings is 2. The molecule has 0 radical (unpaired) electrons. The van der Waals surface area contributed by atoms with Crippen LogP contribution in [0.2, 0.25) is 0 Å². The van der Waals surface area contributed by atoms with Gasteiger partial charge in [-0.15, -0.1) is 0 Å². The van der Waals surface area contributed by atoms with Gasteiger partial charge in [0.2, 0.25) is 10.0 Å². The molecule has 11 heteroatoms. The Morgan fingerprint density at radius 1 is 1.09 bits per heavy atom. The van der Waals surface area contributed by atoms with E-state index in [1.165, 1.54) is 0 Å². The predicted molar refractivity (Wildman–Crippen MR) is 129 cm³/mol. The fourth-order valence-electron chi connectivity index (χ4n) is 4.77. The quantitative estimate of drug-likeness (QED) is 0.457. The molecule has 2 aromatic rings. The van der Waals surface area contributed by atoms with Crippen LogP contribution in [0.1, 0.15) is 29.9 Å². The lowest BCUT2D eigenvalue weighted by atomic mass is 10.1. The van der Waals surface area contributed by atoms with E-state index in [0.29, 0.717) is 30.2 Å². The molecule has 0 saturated carbocycles. The molecule has 0 amide bonds. The minimum atomic E-state index is -3.61. The molecule has 2 aliphatic heterocycles. The molecule has 1 aromatic heterocycles. The molecule has 2 atom stereocenters. The number of ether oxygens (including phenoxy) is 2. The molecular weight excluding hydrogens is 470 g/mol. The van der Waals surface area contributed by atoms with E-state index in [0.717, 1.165) is 57.9 Å². The smallest absolute Gasteiger partial charge is 0.245 e. The molecule has 2 bridgehead atoms. The van der Waals surface area contributed by atoms with E-state index >= 15 is 0 Å². The van der Waals surface area contributed by atoms with Crippen LogP contribution >= 0.6 is 0 Å². The lowest BCUT2D eigenvalue weighted by molar-refractivity contribution is -0.138. The first-order valence-corrected chi connectivity index (χ1v) is 13.5. The van der Waals surface area contributed by atoms with Gasteiger partial charge in [-0.1, -0.05) is 5.16 Å². The second-order valence-corrected chi connectivity index (χ2v) is 10.8. The van der Waals surface area contributed by atoms with Crippen LogP contribution in [0.3, 0.4) is 0 Å². The van der Waals surface area contributed by atoms with E-state index in [-0.39, 0.29) is 17.1 Å². The Hall–Kier alpha value is -2.49. The molecule has 0 aliphatic carbocycles. The highest BCUT2D eigenvalue weighted by Crippen LogP contribution is 2.21. The predicted octanol–water partition coefficient (Wildman–Crippen LogP) is 1.69. The fraction of sp³-hybridized carbons (Fsp3) is 0.583. The highest BCUT2D eigenvalue weighted by molar-refractivity contribution is 7.89. The van der Waals surface area contributed by atoms with E-state index in [4.69, 9.17) is 19.3 Å². The third-order valence-electron chi connectivity index (χ3n) is 6.28. The van der Waals surface area contributed by atoms with Crippen molar-refractivity contribution < 1.29 is 22.4 Å². The lowest BCUT2D eigenvalue weighted by Crippen LogP contribution is -2.59. The van der Waals surface area contributed by atoms with Gasteiger partial charge >= 0.3 is 0 Å². The maximum absolute atomic E-state index is 12.5. The van der Waals surface area contributed by atoms with Crippen molar-refractivity contribution in [1.82, 2.24) is 19.7 Å². The maximum Gasteiger partial charge on any atom is 0.245 e. The number of rotatable bonds is 11. The van der Waals surface area contributed by atoms with Gasteiger partial charge < -0.3 is 14.0 Å². The highest BCUT2D eigenvalue weighted by atomic mass is 32.2. The summed E-state index contributed by atoms with van der Waals surface area (Å²) in [6.07, 6.45) is 1.98. The lowest BCUT2D eigenvalue weighted by Gasteiger charge is -2.46. The fourth-order valence-corrected chi connectivity index (χ4v) is 6.17. The van der Waals surface area contributed by atoms with Gasteiger partial charge in [0, 0.05) is 39.3 Å². The summed E-state index contributed by atoms with van der Waals surface area (Å²) in [6, 6.07) is 9.28. The molecule has 0 spiro atoms. The molecule has 1 aromatic carbocycles. The van der Waals surface area contributed by atoms with Crippen molar-refractivity contribution >= 4 is 10.0 Å². The molecule has 4 rings (SSSR count).